The van der Waals surface area contributed by atoms with Gasteiger partial charge in [0.1, 0.15) is 11.0 Å². The predicted octanol–water partition coefficient (Wildman–Crippen LogP) is 3.35. The summed E-state index contributed by atoms with van der Waals surface area (Å²) in [6, 6.07) is 7.51. The number of ketones is 1. The van der Waals surface area contributed by atoms with E-state index < -0.39 is 5.97 Å². The fraction of sp³-hybridized carbons (Fsp3) is 0.350. The molecule has 150 valence electrons. The first-order chi connectivity index (χ1) is 13.2. The Hall–Kier alpha value is -2.22. The molecule has 0 aliphatic carbocycles. The van der Waals surface area contributed by atoms with E-state index in [-0.39, 0.29) is 36.4 Å². The van der Waals surface area contributed by atoms with E-state index in [0.29, 0.717) is 20.5 Å². The maximum absolute atomic E-state index is 12.4. The van der Waals surface area contributed by atoms with Crippen LogP contribution in [0.15, 0.2) is 24.3 Å². The van der Waals surface area contributed by atoms with Gasteiger partial charge < -0.3 is 15.4 Å². The van der Waals surface area contributed by atoms with Crippen LogP contribution in [0.5, 0.6) is 0 Å². The number of benzene rings is 1. The number of thiophene rings is 1. The molecule has 0 fully saturated rings. The maximum atomic E-state index is 12.4. The minimum Gasteiger partial charge on any atom is -0.462 e. The van der Waals surface area contributed by atoms with Crippen LogP contribution >= 0.6 is 22.9 Å². The second kappa shape index (κ2) is 9.82. The lowest BCUT2D eigenvalue weighted by atomic mass is 10.1. The Morgan fingerprint density at radius 2 is 2.04 bits per heavy atom. The normalized spacial score (nSPS) is 11.8. The van der Waals surface area contributed by atoms with Gasteiger partial charge in [0, 0.05) is 10.6 Å². The molecule has 8 heteroatoms. The zero-order chi connectivity index (χ0) is 20.8. The van der Waals surface area contributed by atoms with Crippen molar-refractivity contribution in [1.82, 2.24) is 0 Å². The Balaban J connectivity index is 2.11. The number of halogens is 1. The van der Waals surface area contributed by atoms with Crippen LogP contribution in [0, 0.1) is 6.92 Å². The van der Waals surface area contributed by atoms with Gasteiger partial charge in [-0.2, -0.15) is 0 Å². The van der Waals surface area contributed by atoms with Gasteiger partial charge in [-0.3, -0.25) is 9.59 Å². The molecule has 28 heavy (non-hydrogen) atoms. The van der Waals surface area contributed by atoms with Crippen molar-refractivity contribution in [3.8, 4) is 0 Å². The third-order valence-electron chi connectivity index (χ3n) is 4.23. The lowest BCUT2D eigenvalue weighted by Crippen LogP contribution is -2.86. The standard InChI is InChI=1S/C20H23ClN2O4S/c1-5-27-20(26)17-11(2)18(13(4)24)28-19(17)23-16(25)10-22-12(3)14-7-6-8-15(21)9-14/h6-9,12,22H,5,10H2,1-4H3,(H,23,25)/p+1/t12-/m1/s1. The van der Waals surface area contributed by atoms with E-state index in [2.05, 4.69) is 5.32 Å². The number of carbonyl (C=O) groups is 3. The van der Waals surface area contributed by atoms with E-state index in [1.54, 1.807) is 19.9 Å². The molecule has 0 spiro atoms. The number of nitrogens with one attached hydrogen (secondary N) is 1. The summed E-state index contributed by atoms with van der Waals surface area (Å²) in [7, 11) is 0. The van der Waals surface area contributed by atoms with Crippen molar-refractivity contribution in [3.63, 3.8) is 0 Å². The van der Waals surface area contributed by atoms with E-state index in [9.17, 15) is 14.4 Å². The molecule has 0 aliphatic rings. The minimum atomic E-state index is -0.546. The smallest absolute Gasteiger partial charge is 0.341 e. The van der Waals surface area contributed by atoms with Crippen LogP contribution in [0.2, 0.25) is 5.02 Å². The molecule has 1 aromatic carbocycles. The molecule has 1 aromatic heterocycles. The highest BCUT2D eigenvalue weighted by Gasteiger charge is 2.25. The summed E-state index contributed by atoms with van der Waals surface area (Å²) in [5, 5.41) is 5.61. The fourth-order valence-corrected chi connectivity index (χ4v) is 4.08. The second-order valence-electron chi connectivity index (χ2n) is 6.37. The third-order valence-corrected chi connectivity index (χ3v) is 5.77. The first-order valence-electron chi connectivity index (χ1n) is 8.94. The summed E-state index contributed by atoms with van der Waals surface area (Å²) in [5.74, 6) is -0.971. The third kappa shape index (κ3) is 5.41. The summed E-state index contributed by atoms with van der Waals surface area (Å²) in [5.41, 5.74) is 1.79. The SMILES string of the molecule is CCOC(=O)c1c(NC(=O)C[NH2+][C@H](C)c2cccc(Cl)c2)sc(C(C)=O)c1C. The van der Waals surface area contributed by atoms with Gasteiger partial charge in [-0.05, 0) is 45.4 Å². The van der Waals surface area contributed by atoms with Gasteiger partial charge in [-0.1, -0.05) is 23.7 Å². The summed E-state index contributed by atoms with van der Waals surface area (Å²) in [4.78, 5) is 37.0. The highest BCUT2D eigenvalue weighted by atomic mass is 35.5. The molecule has 0 aliphatic heterocycles. The van der Waals surface area contributed by atoms with E-state index in [1.807, 2.05) is 30.4 Å². The molecule has 1 amide bonds. The Morgan fingerprint density at radius 3 is 2.64 bits per heavy atom. The molecule has 0 radical (unpaired) electrons. The lowest BCUT2D eigenvalue weighted by molar-refractivity contribution is -0.682. The van der Waals surface area contributed by atoms with Gasteiger partial charge in [0.2, 0.25) is 0 Å². The minimum absolute atomic E-state index is 0.0341. The van der Waals surface area contributed by atoms with Crippen LogP contribution in [0.4, 0.5) is 5.00 Å². The molecule has 2 aromatic rings. The van der Waals surface area contributed by atoms with Crippen molar-refractivity contribution in [2.75, 3.05) is 18.5 Å². The van der Waals surface area contributed by atoms with Crippen molar-refractivity contribution in [2.24, 2.45) is 0 Å². The van der Waals surface area contributed by atoms with E-state index >= 15 is 0 Å². The Labute approximate surface area is 173 Å². The molecule has 0 unspecified atom stereocenters. The Morgan fingerprint density at radius 1 is 1.32 bits per heavy atom. The summed E-state index contributed by atoms with van der Waals surface area (Å²) < 4.78 is 5.08. The maximum Gasteiger partial charge on any atom is 0.341 e. The van der Waals surface area contributed by atoms with Crippen LogP contribution in [-0.2, 0) is 9.53 Å². The van der Waals surface area contributed by atoms with E-state index in [4.69, 9.17) is 16.3 Å². The number of Topliss-reactive ketones (excluding diaryl/α,β-unsaturated/α-hetero) is 1. The quantitative estimate of drug-likeness (QED) is 0.503. The van der Waals surface area contributed by atoms with E-state index in [0.717, 1.165) is 16.9 Å². The number of nitrogens with two attached hydrogens (primary N) is 1. The number of rotatable bonds is 8. The van der Waals surface area contributed by atoms with Crippen LogP contribution in [0.1, 0.15) is 58.0 Å². The van der Waals surface area contributed by atoms with Gasteiger partial charge in [-0.25, -0.2) is 4.79 Å². The average molecular weight is 424 g/mol. The number of ether oxygens (including phenoxy) is 1. The van der Waals surface area contributed by atoms with Gasteiger partial charge in [0.25, 0.3) is 5.91 Å². The zero-order valence-corrected chi connectivity index (χ0v) is 17.9. The van der Waals surface area contributed by atoms with Gasteiger partial charge >= 0.3 is 5.97 Å². The predicted molar refractivity (Wildman–Crippen MR) is 110 cm³/mol. The number of hydrogen-bond donors (Lipinski definition) is 2. The molecular weight excluding hydrogens is 400 g/mol. The van der Waals surface area contributed by atoms with Crippen molar-refractivity contribution >= 4 is 45.6 Å². The molecule has 1 atom stereocenters. The molecule has 6 nitrogen and oxygen atoms in total. The monoisotopic (exact) mass is 423 g/mol. The lowest BCUT2D eigenvalue weighted by Gasteiger charge is -2.11. The number of carbonyl (C=O) groups excluding carboxylic acids is 3. The summed E-state index contributed by atoms with van der Waals surface area (Å²) in [6.45, 7) is 7.16. The second-order valence-corrected chi connectivity index (χ2v) is 7.83. The zero-order valence-electron chi connectivity index (χ0n) is 16.3. The molecule has 0 saturated carbocycles. The molecule has 1 heterocycles. The first kappa shape index (κ1) is 22.1. The molecule has 0 bridgehead atoms. The van der Waals surface area contributed by atoms with Gasteiger partial charge in [0.05, 0.1) is 17.0 Å². The first-order valence-corrected chi connectivity index (χ1v) is 10.1. The fourth-order valence-electron chi connectivity index (χ4n) is 2.77. The molecule has 2 rings (SSSR count). The largest absolute Gasteiger partial charge is 0.462 e. The average Bonchev–Trinajstić information content (AvgIpc) is 2.96. The Bertz CT molecular complexity index is 894. The van der Waals surface area contributed by atoms with Crippen molar-refractivity contribution < 1.29 is 24.4 Å². The molecule has 0 saturated heterocycles. The van der Waals surface area contributed by atoms with Crippen LogP contribution < -0.4 is 10.6 Å². The molecular formula is C20H24ClN2O4S+. The van der Waals surface area contributed by atoms with Crippen LogP contribution in [0.3, 0.4) is 0 Å². The van der Waals surface area contributed by atoms with Crippen molar-refractivity contribution in [1.29, 1.82) is 0 Å². The number of quaternary nitrogens is 1. The number of amides is 1. The molecule has 3 N–H and O–H groups in total. The highest BCUT2D eigenvalue weighted by molar-refractivity contribution is 7.18. The summed E-state index contributed by atoms with van der Waals surface area (Å²) in [6.07, 6.45) is 0. The van der Waals surface area contributed by atoms with Crippen molar-refractivity contribution in [2.45, 2.75) is 33.7 Å². The Kier molecular flexibility index (Phi) is 7.74. The topological polar surface area (TPSA) is 89.1 Å². The van der Waals surface area contributed by atoms with E-state index in [1.165, 1.54) is 6.92 Å². The van der Waals surface area contributed by atoms with Crippen molar-refractivity contribution in [3.05, 3.63) is 50.9 Å². The van der Waals surface area contributed by atoms with Gasteiger partial charge in [0.15, 0.2) is 12.3 Å². The highest BCUT2D eigenvalue weighted by Crippen LogP contribution is 2.34. The summed E-state index contributed by atoms with van der Waals surface area (Å²) >= 11 is 7.11. The van der Waals surface area contributed by atoms with Crippen LogP contribution in [-0.4, -0.2) is 30.8 Å². The van der Waals surface area contributed by atoms with Gasteiger partial charge in [-0.15, -0.1) is 11.3 Å². The number of esters is 1. The number of hydrogen-bond acceptors (Lipinski definition) is 5. The number of anilines is 1. The van der Waals surface area contributed by atoms with Crippen LogP contribution in [0.25, 0.3) is 0 Å².